The fraction of sp³-hybridized carbons (Fsp3) is 0.474. The van der Waals surface area contributed by atoms with Crippen LogP contribution in [0, 0.1) is 5.82 Å². The number of benzene rings is 1. The van der Waals surface area contributed by atoms with E-state index in [0.717, 1.165) is 6.42 Å². The number of hydrogen-bond donors (Lipinski definition) is 1. The molecule has 1 heterocycles. The average molecular weight is 378 g/mol. The van der Waals surface area contributed by atoms with E-state index in [0.29, 0.717) is 29.5 Å². The van der Waals surface area contributed by atoms with E-state index < -0.39 is 5.82 Å². The van der Waals surface area contributed by atoms with Gasteiger partial charge in [-0.1, -0.05) is 5.16 Å². The number of halogens is 1. The molecule has 1 N–H and O–H groups in total. The molecule has 0 aliphatic heterocycles. The van der Waals surface area contributed by atoms with Crippen molar-refractivity contribution in [2.45, 2.75) is 19.4 Å². The van der Waals surface area contributed by atoms with Crippen molar-refractivity contribution in [2.24, 2.45) is 0 Å². The van der Waals surface area contributed by atoms with E-state index in [9.17, 15) is 9.18 Å². The summed E-state index contributed by atoms with van der Waals surface area (Å²) in [5.41, 5.74) is 0.826. The molecule has 1 unspecified atom stereocenters. The number of ether oxygens (including phenoxy) is 1. The number of hydrogen-bond acceptors (Lipinski definition) is 6. The quantitative estimate of drug-likeness (QED) is 0.761. The van der Waals surface area contributed by atoms with E-state index >= 15 is 0 Å². The van der Waals surface area contributed by atoms with Crippen molar-refractivity contribution in [1.82, 2.24) is 15.4 Å². The molecule has 148 valence electrons. The first-order valence-corrected chi connectivity index (χ1v) is 8.71. The fourth-order valence-corrected chi connectivity index (χ4v) is 2.53. The lowest BCUT2D eigenvalue weighted by atomic mass is 10.1. The van der Waals surface area contributed by atoms with Gasteiger partial charge in [-0.05, 0) is 45.6 Å². The summed E-state index contributed by atoms with van der Waals surface area (Å²) < 4.78 is 24.2. The SMILES string of the molecule is COc1cc(-c2onc(N(C)C)c2C(=O)NCCC(C)N(C)C)ccc1F. The highest BCUT2D eigenvalue weighted by Crippen LogP contribution is 2.33. The minimum atomic E-state index is -0.489. The van der Waals surface area contributed by atoms with Gasteiger partial charge in [-0.15, -0.1) is 0 Å². The Hall–Kier alpha value is -2.61. The van der Waals surface area contributed by atoms with E-state index in [1.165, 1.54) is 25.3 Å². The average Bonchev–Trinajstić information content (AvgIpc) is 3.07. The molecule has 0 aliphatic rings. The number of methoxy groups -OCH3 is 1. The van der Waals surface area contributed by atoms with Gasteiger partial charge >= 0.3 is 0 Å². The minimum absolute atomic E-state index is 0.0708. The lowest BCUT2D eigenvalue weighted by Gasteiger charge is -2.19. The Morgan fingerprint density at radius 2 is 2.04 bits per heavy atom. The predicted molar refractivity (Wildman–Crippen MR) is 103 cm³/mol. The van der Waals surface area contributed by atoms with E-state index in [1.54, 1.807) is 19.0 Å². The third-order valence-corrected chi connectivity index (χ3v) is 4.47. The maximum atomic E-state index is 13.7. The molecule has 2 rings (SSSR count). The highest BCUT2D eigenvalue weighted by molar-refractivity contribution is 6.04. The van der Waals surface area contributed by atoms with Gasteiger partial charge in [0.1, 0.15) is 5.56 Å². The zero-order chi connectivity index (χ0) is 20.1. The van der Waals surface area contributed by atoms with Gasteiger partial charge in [-0.2, -0.15) is 0 Å². The first-order chi connectivity index (χ1) is 12.8. The van der Waals surface area contributed by atoms with Gasteiger partial charge in [0.25, 0.3) is 5.91 Å². The van der Waals surface area contributed by atoms with Crippen LogP contribution in [0.5, 0.6) is 5.75 Å². The van der Waals surface area contributed by atoms with E-state index in [4.69, 9.17) is 9.26 Å². The molecule has 7 nitrogen and oxygen atoms in total. The van der Waals surface area contributed by atoms with Gasteiger partial charge in [0, 0.05) is 32.2 Å². The van der Waals surface area contributed by atoms with Crippen LogP contribution in [0.4, 0.5) is 10.2 Å². The predicted octanol–water partition coefficient (Wildman–Crippen LogP) is 2.63. The Morgan fingerprint density at radius 1 is 1.33 bits per heavy atom. The van der Waals surface area contributed by atoms with E-state index in [-0.39, 0.29) is 17.4 Å². The van der Waals surface area contributed by atoms with Crippen LogP contribution in [-0.4, -0.2) is 63.9 Å². The highest BCUT2D eigenvalue weighted by atomic mass is 19.1. The summed E-state index contributed by atoms with van der Waals surface area (Å²) in [4.78, 5) is 16.6. The molecule has 1 amide bonds. The number of nitrogens with one attached hydrogen (secondary N) is 1. The Bertz CT molecular complexity index is 789. The van der Waals surface area contributed by atoms with Crippen LogP contribution >= 0.6 is 0 Å². The number of amides is 1. The second-order valence-corrected chi connectivity index (χ2v) is 6.81. The lowest BCUT2D eigenvalue weighted by molar-refractivity contribution is 0.0951. The Morgan fingerprint density at radius 3 is 2.63 bits per heavy atom. The molecular formula is C19H27FN4O3. The molecule has 0 radical (unpaired) electrons. The largest absolute Gasteiger partial charge is 0.494 e. The highest BCUT2D eigenvalue weighted by Gasteiger charge is 2.26. The van der Waals surface area contributed by atoms with E-state index in [1.807, 2.05) is 14.1 Å². The van der Waals surface area contributed by atoms with Crippen LogP contribution in [0.2, 0.25) is 0 Å². The molecule has 27 heavy (non-hydrogen) atoms. The molecule has 0 saturated heterocycles. The van der Waals surface area contributed by atoms with Gasteiger partial charge in [0.2, 0.25) is 0 Å². The second kappa shape index (κ2) is 8.85. The normalized spacial score (nSPS) is 12.1. The van der Waals surface area contributed by atoms with Gasteiger partial charge < -0.3 is 24.4 Å². The Kier molecular flexibility index (Phi) is 6.79. The van der Waals surface area contributed by atoms with Crippen molar-refractivity contribution in [3.05, 3.63) is 29.6 Å². The molecule has 0 aliphatic carbocycles. The summed E-state index contributed by atoms with van der Waals surface area (Å²) in [5, 5.41) is 6.93. The molecule has 0 saturated carbocycles. The maximum Gasteiger partial charge on any atom is 0.259 e. The molecule has 0 spiro atoms. The van der Waals surface area contributed by atoms with E-state index in [2.05, 4.69) is 22.3 Å². The molecule has 1 aromatic heterocycles. The van der Waals surface area contributed by atoms with Crippen LogP contribution in [0.15, 0.2) is 22.7 Å². The first kappa shape index (κ1) is 20.7. The van der Waals surface area contributed by atoms with Crippen LogP contribution in [0.1, 0.15) is 23.7 Å². The van der Waals surface area contributed by atoms with Crippen molar-refractivity contribution in [1.29, 1.82) is 0 Å². The van der Waals surface area contributed by atoms with Crippen LogP contribution in [0.3, 0.4) is 0 Å². The van der Waals surface area contributed by atoms with Crippen molar-refractivity contribution in [3.63, 3.8) is 0 Å². The van der Waals surface area contributed by atoms with Gasteiger partial charge in [0.15, 0.2) is 23.1 Å². The van der Waals surface area contributed by atoms with Crippen molar-refractivity contribution in [3.8, 4) is 17.1 Å². The summed E-state index contributed by atoms with van der Waals surface area (Å²) in [6, 6.07) is 4.62. The Labute approximate surface area is 159 Å². The number of nitrogens with zero attached hydrogens (tertiary/aromatic N) is 3. The smallest absolute Gasteiger partial charge is 0.259 e. The topological polar surface area (TPSA) is 70.8 Å². The summed E-state index contributed by atoms with van der Waals surface area (Å²) in [6.45, 7) is 2.61. The first-order valence-electron chi connectivity index (χ1n) is 8.71. The zero-order valence-electron chi connectivity index (χ0n) is 16.7. The van der Waals surface area contributed by atoms with Crippen molar-refractivity contribution >= 4 is 11.7 Å². The standard InChI is InChI=1S/C19H27FN4O3/c1-12(23(2)3)9-10-21-19(25)16-17(27-22-18(16)24(4)5)13-7-8-14(20)15(11-13)26-6/h7-8,11-12H,9-10H2,1-6H3,(H,21,25). The molecular weight excluding hydrogens is 351 g/mol. The number of rotatable bonds is 8. The van der Waals surface area contributed by atoms with Gasteiger partial charge in [-0.3, -0.25) is 4.79 Å². The summed E-state index contributed by atoms with van der Waals surface area (Å²) in [5.74, 6) is -0.0236. The third-order valence-electron chi connectivity index (χ3n) is 4.47. The molecule has 2 aromatic rings. The zero-order valence-corrected chi connectivity index (χ0v) is 16.7. The van der Waals surface area contributed by atoms with Crippen LogP contribution in [0.25, 0.3) is 11.3 Å². The number of carbonyl (C=O) groups is 1. The van der Waals surface area contributed by atoms with Crippen LogP contribution < -0.4 is 15.0 Å². The molecule has 0 fully saturated rings. The van der Waals surface area contributed by atoms with Crippen molar-refractivity contribution in [2.75, 3.05) is 46.7 Å². The molecule has 8 heteroatoms. The summed E-state index contributed by atoms with van der Waals surface area (Å²) >= 11 is 0. The number of aromatic nitrogens is 1. The molecule has 1 aromatic carbocycles. The minimum Gasteiger partial charge on any atom is -0.494 e. The van der Waals surface area contributed by atoms with Crippen molar-refractivity contribution < 1.29 is 18.4 Å². The maximum absolute atomic E-state index is 13.7. The monoisotopic (exact) mass is 378 g/mol. The second-order valence-electron chi connectivity index (χ2n) is 6.81. The molecule has 1 atom stereocenters. The Balaban J connectivity index is 2.31. The number of anilines is 1. The lowest BCUT2D eigenvalue weighted by Crippen LogP contribution is -2.32. The fourth-order valence-electron chi connectivity index (χ4n) is 2.53. The van der Waals surface area contributed by atoms with Gasteiger partial charge in [-0.25, -0.2) is 4.39 Å². The molecule has 0 bridgehead atoms. The summed E-state index contributed by atoms with van der Waals surface area (Å²) in [6.07, 6.45) is 0.807. The number of carbonyl (C=O) groups excluding carboxylic acids is 1. The van der Waals surface area contributed by atoms with Crippen LogP contribution in [-0.2, 0) is 0 Å². The summed E-state index contributed by atoms with van der Waals surface area (Å²) in [7, 11) is 8.93. The third kappa shape index (κ3) is 4.77. The van der Waals surface area contributed by atoms with Gasteiger partial charge in [0.05, 0.1) is 7.11 Å².